The van der Waals surface area contributed by atoms with Gasteiger partial charge in [-0.2, -0.15) is 4.31 Å². The number of ether oxygens (including phenoxy) is 1. The lowest BCUT2D eigenvalue weighted by molar-refractivity contribution is 0.0806. The smallest absolute Gasteiger partial charge is 0.212 e. The summed E-state index contributed by atoms with van der Waals surface area (Å²) in [5.41, 5.74) is 2.80. The van der Waals surface area contributed by atoms with Gasteiger partial charge in [-0.3, -0.25) is 4.90 Å². The zero-order chi connectivity index (χ0) is 22.2. The van der Waals surface area contributed by atoms with Crippen LogP contribution in [-0.2, 0) is 10.0 Å². The third kappa shape index (κ3) is 4.73. The first kappa shape index (κ1) is 22.1. The van der Waals surface area contributed by atoms with Crippen LogP contribution in [0.2, 0.25) is 0 Å². The largest absolute Gasteiger partial charge is 0.508 e. The highest BCUT2D eigenvalue weighted by atomic mass is 32.2. The molecule has 0 unspecified atom stereocenters. The van der Waals surface area contributed by atoms with Crippen LogP contribution in [0.1, 0.15) is 48.9 Å². The first-order valence-corrected chi connectivity index (χ1v) is 12.9. The van der Waals surface area contributed by atoms with Gasteiger partial charge in [0.05, 0.1) is 12.3 Å². The van der Waals surface area contributed by atoms with E-state index in [1.165, 1.54) is 12.7 Å². The summed E-state index contributed by atoms with van der Waals surface area (Å²) in [5, 5.41) is 9.95. The number of hydrogen-bond acceptors (Lipinski definition) is 5. The molecule has 1 fully saturated rings. The first-order chi connectivity index (χ1) is 14.8. The minimum absolute atomic E-state index is 0.00416. The predicted octanol–water partition coefficient (Wildman–Crippen LogP) is 3.58. The van der Waals surface area contributed by atoms with Gasteiger partial charge in [0.25, 0.3) is 0 Å². The molecule has 0 amide bonds. The maximum Gasteiger partial charge on any atom is 0.212 e. The minimum Gasteiger partial charge on any atom is -0.508 e. The van der Waals surface area contributed by atoms with Crippen molar-refractivity contribution in [2.45, 2.75) is 32.2 Å². The van der Waals surface area contributed by atoms with E-state index in [9.17, 15) is 13.5 Å². The summed E-state index contributed by atoms with van der Waals surface area (Å²) in [6, 6.07) is 12.5. The molecular formula is C24H32N2O4S. The normalized spacial score (nSPS) is 22.7. The molecule has 2 aliphatic heterocycles. The molecule has 31 heavy (non-hydrogen) atoms. The van der Waals surface area contributed by atoms with Gasteiger partial charge in [0.1, 0.15) is 18.1 Å². The summed E-state index contributed by atoms with van der Waals surface area (Å²) in [7, 11) is -3.41. The average molecular weight is 445 g/mol. The third-order valence-electron chi connectivity index (χ3n) is 6.55. The average Bonchev–Trinajstić information content (AvgIpc) is 2.70. The van der Waals surface area contributed by atoms with Crippen LogP contribution in [0, 0.1) is 5.92 Å². The van der Waals surface area contributed by atoms with Crippen molar-refractivity contribution >= 4 is 10.0 Å². The molecule has 0 aromatic heterocycles. The highest BCUT2D eigenvalue weighted by molar-refractivity contribution is 7.88. The quantitative estimate of drug-likeness (QED) is 0.707. The van der Waals surface area contributed by atoms with Gasteiger partial charge in [0.15, 0.2) is 0 Å². The molecule has 2 aromatic carbocycles. The molecule has 0 radical (unpaired) electrons. The second-order valence-electron chi connectivity index (χ2n) is 8.90. The Morgan fingerprint density at radius 3 is 2.42 bits per heavy atom. The Kier molecular flexibility index (Phi) is 6.28. The van der Waals surface area contributed by atoms with Crippen LogP contribution in [0.5, 0.6) is 11.5 Å². The van der Waals surface area contributed by atoms with Gasteiger partial charge in [0, 0.05) is 26.2 Å². The molecule has 0 bridgehead atoms. The van der Waals surface area contributed by atoms with Gasteiger partial charge in [-0.1, -0.05) is 38.5 Å². The predicted molar refractivity (Wildman–Crippen MR) is 122 cm³/mol. The fraction of sp³-hybridized carbons (Fsp3) is 0.500. The second kappa shape index (κ2) is 8.81. The van der Waals surface area contributed by atoms with Crippen molar-refractivity contribution < 1.29 is 18.3 Å². The van der Waals surface area contributed by atoms with Crippen LogP contribution in [0.25, 0.3) is 0 Å². The Morgan fingerprint density at radius 2 is 1.77 bits per heavy atom. The molecular weight excluding hydrogens is 412 g/mol. The monoisotopic (exact) mass is 444 g/mol. The Bertz CT molecular complexity index is 1020. The number of phenolic OH excluding ortho intramolecular Hbond substituents is 1. The van der Waals surface area contributed by atoms with Gasteiger partial charge < -0.3 is 9.84 Å². The van der Waals surface area contributed by atoms with E-state index in [-0.39, 0.29) is 11.7 Å². The lowest BCUT2D eigenvalue weighted by atomic mass is 9.84. The molecule has 6 nitrogen and oxygen atoms in total. The molecule has 2 heterocycles. The van der Waals surface area contributed by atoms with Gasteiger partial charge >= 0.3 is 0 Å². The number of likely N-dealkylation sites (tertiary alicyclic amines) is 1. The van der Waals surface area contributed by atoms with Crippen LogP contribution in [0.3, 0.4) is 0 Å². The van der Waals surface area contributed by atoms with Crippen LogP contribution in [0.4, 0.5) is 0 Å². The van der Waals surface area contributed by atoms with Crippen LogP contribution < -0.4 is 4.74 Å². The van der Waals surface area contributed by atoms with Gasteiger partial charge in [-0.05, 0) is 52.8 Å². The van der Waals surface area contributed by atoms with E-state index < -0.39 is 16.1 Å². The summed E-state index contributed by atoms with van der Waals surface area (Å²) in [6.45, 7) is 8.51. The van der Waals surface area contributed by atoms with Crippen LogP contribution in [-0.4, -0.2) is 61.8 Å². The third-order valence-corrected chi connectivity index (χ3v) is 7.76. The van der Waals surface area contributed by atoms with E-state index in [1.54, 1.807) is 16.4 Å². The number of nitrogens with zero attached hydrogens (tertiary/aromatic N) is 2. The summed E-state index contributed by atoms with van der Waals surface area (Å²) in [5.74, 6) is 1.83. The summed E-state index contributed by atoms with van der Waals surface area (Å²) < 4.78 is 32.7. The van der Waals surface area contributed by atoms with Gasteiger partial charge in [0.2, 0.25) is 10.0 Å². The van der Waals surface area contributed by atoms with Crippen molar-refractivity contribution in [1.29, 1.82) is 0 Å². The SMILES string of the molecule is CCC1CN(CCOc2ccc([C@@H]3c4ccc(O)cc4[C@@H](C)CN3S(C)(=O)=O)cc2)C1. The second-order valence-corrected chi connectivity index (χ2v) is 10.8. The van der Waals surface area contributed by atoms with E-state index in [1.807, 2.05) is 37.3 Å². The zero-order valence-corrected chi connectivity index (χ0v) is 19.3. The lowest BCUT2D eigenvalue weighted by Crippen LogP contribution is -2.47. The van der Waals surface area contributed by atoms with E-state index in [4.69, 9.17) is 4.74 Å². The molecule has 2 aliphatic rings. The molecule has 168 valence electrons. The maximum atomic E-state index is 12.6. The topological polar surface area (TPSA) is 70.1 Å². The number of phenols is 1. The van der Waals surface area contributed by atoms with Crippen LogP contribution >= 0.6 is 0 Å². The number of benzene rings is 2. The highest BCUT2D eigenvalue weighted by Crippen LogP contribution is 2.42. The fourth-order valence-corrected chi connectivity index (χ4v) is 5.81. The van der Waals surface area contributed by atoms with Crippen molar-refractivity contribution in [3.8, 4) is 11.5 Å². The molecule has 1 N–H and O–H groups in total. The van der Waals surface area contributed by atoms with E-state index in [0.29, 0.717) is 13.2 Å². The maximum absolute atomic E-state index is 12.6. The van der Waals surface area contributed by atoms with Crippen LogP contribution in [0.15, 0.2) is 42.5 Å². The van der Waals surface area contributed by atoms with Crippen molar-refractivity contribution in [1.82, 2.24) is 9.21 Å². The summed E-state index contributed by atoms with van der Waals surface area (Å²) in [4.78, 5) is 2.40. The standard InChI is InChI=1S/C24H32N2O4S/c1-4-18-15-25(16-18)11-12-30-21-8-5-19(6-9-21)24-22-10-7-20(27)13-23(22)17(2)14-26(24)31(3,28)29/h5-10,13,17-18,24,27H,4,11-12,14-16H2,1-3H3/t17-,24+/m0/s1. The molecule has 1 saturated heterocycles. The molecule has 0 aliphatic carbocycles. The minimum atomic E-state index is -3.41. The highest BCUT2D eigenvalue weighted by Gasteiger charge is 2.37. The Morgan fingerprint density at radius 1 is 1.06 bits per heavy atom. The number of hydrogen-bond donors (Lipinski definition) is 1. The molecule has 4 rings (SSSR count). The number of sulfonamides is 1. The summed E-state index contributed by atoms with van der Waals surface area (Å²) in [6.07, 6.45) is 2.50. The van der Waals surface area contributed by atoms with E-state index in [0.717, 1.165) is 48.0 Å². The Labute approximate surface area is 185 Å². The number of rotatable bonds is 7. The van der Waals surface area contributed by atoms with Gasteiger partial charge in [-0.25, -0.2) is 8.42 Å². The van der Waals surface area contributed by atoms with Gasteiger partial charge in [-0.15, -0.1) is 0 Å². The number of fused-ring (bicyclic) bond motifs is 1. The van der Waals surface area contributed by atoms with Crippen molar-refractivity contribution in [2.75, 3.05) is 39.0 Å². The van der Waals surface area contributed by atoms with E-state index >= 15 is 0 Å². The summed E-state index contributed by atoms with van der Waals surface area (Å²) >= 11 is 0. The van der Waals surface area contributed by atoms with E-state index in [2.05, 4.69) is 11.8 Å². The van der Waals surface area contributed by atoms with Crippen molar-refractivity contribution in [2.24, 2.45) is 5.92 Å². The molecule has 0 spiro atoms. The molecule has 7 heteroatoms. The van der Waals surface area contributed by atoms with Crippen molar-refractivity contribution in [3.05, 3.63) is 59.2 Å². The fourth-order valence-electron chi connectivity index (χ4n) is 4.70. The first-order valence-electron chi connectivity index (χ1n) is 11.0. The zero-order valence-electron chi connectivity index (χ0n) is 18.5. The Hall–Kier alpha value is -2.09. The van der Waals surface area contributed by atoms with Crippen molar-refractivity contribution in [3.63, 3.8) is 0 Å². The Balaban J connectivity index is 1.52. The molecule has 2 aromatic rings. The molecule has 0 saturated carbocycles. The number of aromatic hydroxyl groups is 1. The molecule has 2 atom stereocenters. The lowest BCUT2D eigenvalue weighted by Gasteiger charge is -2.39.